The van der Waals surface area contributed by atoms with Crippen LogP contribution in [-0.4, -0.2) is 29.4 Å². The third kappa shape index (κ3) is 6.33. The Kier molecular flexibility index (Phi) is 7.91. The average molecular weight is 377 g/mol. The number of carbonyl (C=O) groups is 1. The van der Waals surface area contributed by atoms with Gasteiger partial charge in [-0.25, -0.2) is 4.98 Å². The summed E-state index contributed by atoms with van der Waals surface area (Å²) in [5.41, 5.74) is 0.925. The first-order valence-electron chi connectivity index (χ1n) is 8.99. The summed E-state index contributed by atoms with van der Waals surface area (Å²) in [4.78, 5) is 18.9. The van der Waals surface area contributed by atoms with Gasteiger partial charge in [-0.1, -0.05) is 20.8 Å². The lowest BCUT2D eigenvalue weighted by molar-refractivity contribution is -0.132. The van der Waals surface area contributed by atoms with Crippen LogP contribution in [0.1, 0.15) is 44.3 Å². The number of nitrogens with zero attached hydrogens (tertiary/aromatic N) is 2. The monoisotopic (exact) mass is 376 g/mol. The summed E-state index contributed by atoms with van der Waals surface area (Å²) >= 11 is 1.56. The molecule has 0 fully saturated rings. The number of amides is 1. The Bertz CT molecular complexity index is 683. The van der Waals surface area contributed by atoms with Crippen molar-refractivity contribution in [1.29, 1.82) is 0 Å². The molecule has 26 heavy (non-hydrogen) atoms. The van der Waals surface area contributed by atoms with Gasteiger partial charge in [0.15, 0.2) is 0 Å². The number of hydrogen-bond donors (Lipinski definition) is 0. The van der Waals surface area contributed by atoms with E-state index in [4.69, 9.17) is 9.47 Å². The Hall–Kier alpha value is -2.08. The molecule has 0 aliphatic carbocycles. The van der Waals surface area contributed by atoms with Crippen molar-refractivity contribution in [1.82, 2.24) is 9.88 Å². The molecule has 0 bridgehead atoms. The lowest BCUT2D eigenvalue weighted by atomic mass is 10.1. The second kappa shape index (κ2) is 10.2. The first-order valence-corrected chi connectivity index (χ1v) is 9.87. The normalized spacial score (nSPS) is 10.8. The van der Waals surface area contributed by atoms with Crippen molar-refractivity contribution in [2.75, 3.05) is 13.7 Å². The highest BCUT2D eigenvalue weighted by Gasteiger charge is 2.16. The molecular formula is C20H28N2O3S. The molecule has 5 nitrogen and oxygen atoms in total. The first kappa shape index (κ1) is 20.2. The summed E-state index contributed by atoms with van der Waals surface area (Å²) in [5, 5.41) is 2.92. The van der Waals surface area contributed by atoms with Crippen LogP contribution in [0.3, 0.4) is 0 Å². The Labute approximate surface area is 160 Å². The summed E-state index contributed by atoms with van der Waals surface area (Å²) in [6.07, 6.45) is 1.53. The minimum absolute atomic E-state index is 0.200. The molecule has 2 rings (SSSR count). The highest BCUT2D eigenvalue weighted by Crippen LogP contribution is 2.20. The van der Waals surface area contributed by atoms with Crippen LogP contribution in [0.2, 0.25) is 0 Å². The average Bonchev–Trinajstić information content (AvgIpc) is 3.07. The molecule has 0 saturated heterocycles. The van der Waals surface area contributed by atoms with Gasteiger partial charge in [-0.15, -0.1) is 11.3 Å². The molecule has 0 unspecified atom stereocenters. The van der Waals surface area contributed by atoms with E-state index < -0.39 is 0 Å². The van der Waals surface area contributed by atoms with Crippen molar-refractivity contribution in [3.63, 3.8) is 0 Å². The van der Waals surface area contributed by atoms with Crippen LogP contribution in [0.25, 0.3) is 0 Å². The molecule has 0 spiro atoms. The third-order valence-electron chi connectivity index (χ3n) is 3.80. The fraction of sp³-hybridized carbons (Fsp3) is 0.500. The zero-order chi connectivity index (χ0) is 18.9. The second-order valence-electron chi connectivity index (χ2n) is 6.61. The smallest absolute Gasteiger partial charge is 0.223 e. The number of methoxy groups -OCH3 is 1. The summed E-state index contributed by atoms with van der Waals surface area (Å²) in [6, 6.07) is 7.49. The SMILES string of the molecule is CCCN(Cc1csc(COc2ccc(OC)cc2)n1)C(=O)CC(C)C. The van der Waals surface area contributed by atoms with Crippen LogP contribution in [0.4, 0.5) is 0 Å². The zero-order valence-electron chi connectivity index (χ0n) is 16.0. The lowest BCUT2D eigenvalue weighted by Gasteiger charge is -2.22. The standard InChI is InChI=1S/C20H28N2O3S/c1-5-10-22(20(23)11-15(2)3)12-16-14-26-19(21-16)13-25-18-8-6-17(24-4)7-9-18/h6-9,14-15H,5,10-13H2,1-4H3. The van der Waals surface area contributed by atoms with Crippen LogP contribution in [-0.2, 0) is 17.9 Å². The van der Waals surface area contributed by atoms with E-state index >= 15 is 0 Å². The largest absolute Gasteiger partial charge is 0.497 e. The summed E-state index contributed by atoms with van der Waals surface area (Å²) in [6.45, 7) is 7.98. The maximum absolute atomic E-state index is 12.4. The number of aromatic nitrogens is 1. The number of hydrogen-bond acceptors (Lipinski definition) is 5. The van der Waals surface area contributed by atoms with Gasteiger partial charge in [0.05, 0.1) is 19.3 Å². The van der Waals surface area contributed by atoms with E-state index in [9.17, 15) is 4.79 Å². The number of carbonyl (C=O) groups excluding carboxylic acids is 1. The Balaban J connectivity index is 1.91. The van der Waals surface area contributed by atoms with E-state index in [-0.39, 0.29) is 5.91 Å². The molecule has 0 N–H and O–H groups in total. The fourth-order valence-corrected chi connectivity index (χ4v) is 3.24. The molecule has 0 atom stereocenters. The quantitative estimate of drug-likeness (QED) is 0.612. The molecule has 1 amide bonds. The molecule has 0 saturated carbocycles. The van der Waals surface area contributed by atoms with Crippen LogP contribution >= 0.6 is 11.3 Å². The first-order chi connectivity index (χ1) is 12.5. The van der Waals surface area contributed by atoms with Gasteiger partial charge in [-0.05, 0) is 36.6 Å². The van der Waals surface area contributed by atoms with Crippen molar-refractivity contribution >= 4 is 17.2 Å². The minimum Gasteiger partial charge on any atom is -0.497 e. The summed E-state index contributed by atoms with van der Waals surface area (Å²) in [5.74, 6) is 2.15. The molecule has 2 aromatic rings. The van der Waals surface area contributed by atoms with E-state index in [2.05, 4.69) is 25.8 Å². The molecule has 0 radical (unpaired) electrons. The predicted octanol–water partition coefficient (Wildman–Crippen LogP) is 4.52. The number of rotatable bonds is 10. The molecular weight excluding hydrogens is 348 g/mol. The van der Waals surface area contributed by atoms with Crippen molar-refractivity contribution < 1.29 is 14.3 Å². The predicted molar refractivity (Wildman–Crippen MR) is 105 cm³/mol. The van der Waals surface area contributed by atoms with Gasteiger partial charge < -0.3 is 14.4 Å². The molecule has 0 aliphatic heterocycles. The number of ether oxygens (including phenoxy) is 2. The van der Waals surface area contributed by atoms with E-state index in [0.717, 1.165) is 35.2 Å². The van der Waals surface area contributed by atoms with Crippen LogP contribution < -0.4 is 9.47 Å². The van der Waals surface area contributed by atoms with Gasteiger partial charge in [0.25, 0.3) is 0 Å². The van der Waals surface area contributed by atoms with Gasteiger partial charge >= 0.3 is 0 Å². The lowest BCUT2D eigenvalue weighted by Crippen LogP contribution is -2.32. The van der Waals surface area contributed by atoms with Gasteiger partial charge in [-0.3, -0.25) is 4.79 Å². The second-order valence-corrected chi connectivity index (χ2v) is 7.55. The Morgan fingerprint density at radius 1 is 1.23 bits per heavy atom. The van der Waals surface area contributed by atoms with E-state index in [1.807, 2.05) is 34.5 Å². The molecule has 1 heterocycles. The molecule has 1 aromatic heterocycles. The maximum Gasteiger partial charge on any atom is 0.223 e. The third-order valence-corrected chi connectivity index (χ3v) is 4.67. The topological polar surface area (TPSA) is 51.7 Å². The highest BCUT2D eigenvalue weighted by atomic mass is 32.1. The number of thiazole rings is 1. The van der Waals surface area contributed by atoms with Crippen molar-refractivity contribution in [2.24, 2.45) is 5.92 Å². The zero-order valence-corrected chi connectivity index (χ0v) is 16.8. The van der Waals surface area contributed by atoms with E-state index in [1.54, 1.807) is 18.4 Å². The van der Waals surface area contributed by atoms with Crippen molar-refractivity contribution in [2.45, 2.75) is 46.8 Å². The molecule has 0 aliphatic rings. The highest BCUT2D eigenvalue weighted by molar-refractivity contribution is 7.09. The molecule has 6 heteroatoms. The van der Waals surface area contributed by atoms with Crippen molar-refractivity contribution in [3.8, 4) is 11.5 Å². The Morgan fingerprint density at radius 2 is 1.92 bits per heavy atom. The minimum atomic E-state index is 0.200. The van der Waals surface area contributed by atoms with Crippen LogP contribution in [0.15, 0.2) is 29.6 Å². The van der Waals surface area contributed by atoms with E-state index in [0.29, 0.717) is 25.5 Å². The molecule has 142 valence electrons. The summed E-state index contributed by atoms with van der Waals surface area (Å²) in [7, 11) is 1.64. The van der Waals surface area contributed by atoms with Gasteiger partial charge in [-0.2, -0.15) is 0 Å². The fourth-order valence-electron chi connectivity index (χ4n) is 2.54. The maximum atomic E-state index is 12.4. The van der Waals surface area contributed by atoms with Crippen LogP contribution in [0, 0.1) is 5.92 Å². The van der Waals surface area contributed by atoms with Crippen LogP contribution in [0.5, 0.6) is 11.5 Å². The van der Waals surface area contributed by atoms with E-state index in [1.165, 1.54) is 0 Å². The molecule has 1 aromatic carbocycles. The van der Waals surface area contributed by atoms with Gasteiger partial charge in [0.2, 0.25) is 5.91 Å². The van der Waals surface area contributed by atoms with Gasteiger partial charge in [0.1, 0.15) is 23.1 Å². The van der Waals surface area contributed by atoms with Gasteiger partial charge in [0, 0.05) is 18.3 Å². The Morgan fingerprint density at radius 3 is 2.54 bits per heavy atom. The number of benzene rings is 1. The van der Waals surface area contributed by atoms with Crippen molar-refractivity contribution in [3.05, 3.63) is 40.3 Å². The summed E-state index contributed by atoms with van der Waals surface area (Å²) < 4.78 is 10.9.